The molecule has 2 N–H and O–H groups in total. The Bertz CT molecular complexity index is 892. The van der Waals surface area contributed by atoms with Gasteiger partial charge in [0.15, 0.2) is 11.3 Å². The van der Waals surface area contributed by atoms with Gasteiger partial charge < -0.3 is 24.9 Å². The minimum Gasteiger partial charge on any atom is -0.449 e. The summed E-state index contributed by atoms with van der Waals surface area (Å²) in [5.41, 5.74) is 0.888. The van der Waals surface area contributed by atoms with Crippen LogP contribution in [0.4, 0.5) is 0 Å². The summed E-state index contributed by atoms with van der Waals surface area (Å²) in [4.78, 5) is 33.7. The van der Waals surface area contributed by atoms with Crippen LogP contribution in [0.1, 0.15) is 33.9 Å². The van der Waals surface area contributed by atoms with Crippen LogP contribution in [0.15, 0.2) is 22.7 Å². The Hall–Kier alpha value is -2.45. The smallest absolute Gasteiger partial charge is 0.289 e. The number of rotatable bonds is 3. The van der Waals surface area contributed by atoms with Gasteiger partial charge in [-0.2, -0.15) is 0 Å². The highest BCUT2D eigenvalue weighted by molar-refractivity contribution is 5.99. The van der Waals surface area contributed by atoms with Crippen molar-refractivity contribution in [2.24, 2.45) is 5.92 Å². The largest absolute Gasteiger partial charge is 0.449 e. The quantitative estimate of drug-likeness (QED) is 0.811. The highest BCUT2D eigenvalue weighted by Crippen LogP contribution is 2.27. The molecule has 0 aromatic carbocycles. The normalized spacial score (nSPS) is 27.1. The van der Waals surface area contributed by atoms with Gasteiger partial charge in [-0.25, -0.2) is 4.98 Å². The highest BCUT2D eigenvalue weighted by atomic mass is 16.3. The summed E-state index contributed by atoms with van der Waals surface area (Å²) in [7, 11) is 0. The molecule has 8 heteroatoms. The zero-order chi connectivity index (χ0) is 19.1. The molecule has 3 saturated heterocycles. The monoisotopic (exact) mass is 383 g/mol. The van der Waals surface area contributed by atoms with Crippen molar-refractivity contribution in [1.82, 2.24) is 25.4 Å². The van der Waals surface area contributed by atoms with Gasteiger partial charge in [-0.15, -0.1) is 0 Å². The standard InChI is InChI=1S/C20H25N5O3/c26-19(23-15-7-13-1-4-24(11-13)12-15)16-8-14-9-17(28-18(14)10-22-16)20(27)25-5-2-21-3-6-25/h8-10,13,15,21H,1-7,11-12H2,(H,23,26)/t13-,15+/m0/s1. The molecule has 148 valence electrons. The molecule has 28 heavy (non-hydrogen) atoms. The van der Waals surface area contributed by atoms with E-state index in [9.17, 15) is 9.59 Å². The van der Waals surface area contributed by atoms with E-state index in [0.29, 0.717) is 36.0 Å². The van der Waals surface area contributed by atoms with E-state index in [-0.39, 0.29) is 17.9 Å². The zero-order valence-corrected chi connectivity index (χ0v) is 15.8. The van der Waals surface area contributed by atoms with Crippen molar-refractivity contribution in [2.45, 2.75) is 18.9 Å². The second-order valence-electron chi connectivity index (χ2n) is 8.08. The van der Waals surface area contributed by atoms with E-state index in [1.807, 2.05) is 0 Å². The molecule has 2 amide bonds. The van der Waals surface area contributed by atoms with E-state index in [1.165, 1.54) is 12.6 Å². The third-order valence-electron chi connectivity index (χ3n) is 6.05. The number of carbonyl (C=O) groups is 2. The molecule has 2 bridgehead atoms. The first-order valence-corrected chi connectivity index (χ1v) is 10.1. The van der Waals surface area contributed by atoms with Crippen molar-refractivity contribution in [3.8, 4) is 0 Å². The van der Waals surface area contributed by atoms with Crippen LogP contribution in [-0.4, -0.2) is 78.5 Å². The molecule has 0 saturated carbocycles. The lowest BCUT2D eigenvalue weighted by atomic mass is 9.97. The van der Waals surface area contributed by atoms with Gasteiger partial charge in [0.1, 0.15) is 5.69 Å². The number of furan rings is 1. The molecular formula is C20H25N5O3. The van der Waals surface area contributed by atoms with Gasteiger partial charge in [0.05, 0.1) is 6.20 Å². The lowest BCUT2D eigenvalue weighted by Crippen LogP contribution is -2.47. The summed E-state index contributed by atoms with van der Waals surface area (Å²) in [5, 5.41) is 7.08. The fourth-order valence-corrected chi connectivity index (χ4v) is 4.62. The van der Waals surface area contributed by atoms with Gasteiger partial charge >= 0.3 is 0 Å². The van der Waals surface area contributed by atoms with Gasteiger partial charge in [0.2, 0.25) is 0 Å². The van der Waals surface area contributed by atoms with Crippen LogP contribution in [0.2, 0.25) is 0 Å². The number of hydrogen-bond acceptors (Lipinski definition) is 6. The number of nitrogens with one attached hydrogen (secondary N) is 2. The number of piperidine rings is 1. The molecule has 2 aromatic rings. The van der Waals surface area contributed by atoms with Gasteiger partial charge in [-0.1, -0.05) is 0 Å². The zero-order valence-electron chi connectivity index (χ0n) is 15.8. The minimum atomic E-state index is -0.161. The SMILES string of the molecule is O=C(N[C@@H]1C[C@@H]2CCN(C2)C1)c1cc2cc(C(=O)N3CCNCC3)oc2cn1. The first kappa shape index (κ1) is 17.6. The van der Waals surface area contributed by atoms with Crippen molar-refractivity contribution >= 4 is 22.8 Å². The van der Waals surface area contributed by atoms with Crippen molar-refractivity contribution in [1.29, 1.82) is 0 Å². The Morgan fingerprint density at radius 2 is 2.04 bits per heavy atom. The molecule has 3 aliphatic rings. The molecule has 3 fully saturated rings. The van der Waals surface area contributed by atoms with Crippen LogP contribution in [0, 0.1) is 5.92 Å². The van der Waals surface area contributed by atoms with Crippen LogP contribution in [0.3, 0.4) is 0 Å². The average Bonchev–Trinajstić information content (AvgIpc) is 3.30. The Balaban J connectivity index is 1.30. The van der Waals surface area contributed by atoms with Gasteiger partial charge in [-0.05, 0) is 37.4 Å². The molecule has 0 spiro atoms. The first-order chi connectivity index (χ1) is 13.7. The number of aromatic nitrogens is 1. The first-order valence-electron chi connectivity index (χ1n) is 10.1. The molecule has 0 radical (unpaired) electrons. The summed E-state index contributed by atoms with van der Waals surface area (Å²) in [6.07, 6.45) is 3.81. The fraction of sp³-hybridized carbons (Fsp3) is 0.550. The topological polar surface area (TPSA) is 90.7 Å². The molecule has 5 heterocycles. The summed E-state index contributed by atoms with van der Waals surface area (Å²) in [6.45, 7) is 6.13. The van der Waals surface area contributed by atoms with Crippen LogP contribution in [0.25, 0.3) is 11.0 Å². The summed E-state index contributed by atoms with van der Waals surface area (Å²) >= 11 is 0. The predicted octanol–water partition coefficient (Wildman–Crippen LogP) is 0.697. The molecule has 2 aromatic heterocycles. The summed E-state index contributed by atoms with van der Waals surface area (Å²) in [5.74, 6) is 0.718. The molecule has 1 unspecified atom stereocenters. The third kappa shape index (κ3) is 3.38. The van der Waals surface area contributed by atoms with Crippen LogP contribution < -0.4 is 10.6 Å². The molecule has 8 nitrogen and oxygen atoms in total. The van der Waals surface area contributed by atoms with Crippen molar-refractivity contribution in [3.05, 3.63) is 29.8 Å². The van der Waals surface area contributed by atoms with Gasteiger partial charge in [0.25, 0.3) is 11.8 Å². The number of piperazine rings is 1. The maximum absolute atomic E-state index is 12.7. The molecule has 5 rings (SSSR count). The fourth-order valence-electron chi connectivity index (χ4n) is 4.62. The van der Waals surface area contributed by atoms with E-state index >= 15 is 0 Å². The maximum Gasteiger partial charge on any atom is 0.289 e. The van der Waals surface area contributed by atoms with E-state index in [2.05, 4.69) is 20.5 Å². The number of carbonyl (C=O) groups excluding carboxylic acids is 2. The molecule has 3 aliphatic heterocycles. The molecular weight excluding hydrogens is 358 g/mol. The van der Waals surface area contributed by atoms with Crippen LogP contribution in [0.5, 0.6) is 0 Å². The predicted molar refractivity (Wildman–Crippen MR) is 103 cm³/mol. The number of hydrogen-bond donors (Lipinski definition) is 2. The number of pyridine rings is 1. The third-order valence-corrected chi connectivity index (χ3v) is 6.05. The summed E-state index contributed by atoms with van der Waals surface area (Å²) in [6, 6.07) is 3.60. The Morgan fingerprint density at radius 3 is 2.86 bits per heavy atom. The van der Waals surface area contributed by atoms with Crippen molar-refractivity contribution in [2.75, 3.05) is 45.8 Å². The van der Waals surface area contributed by atoms with E-state index < -0.39 is 0 Å². The minimum absolute atomic E-state index is 0.115. The Labute approximate surface area is 163 Å². The van der Waals surface area contributed by atoms with E-state index in [4.69, 9.17) is 4.42 Å². The second kappa shape index (κ2) is 7.18. The van der Waals surface area contributed by atoms with Crippen LogP contribution >= 0.6 is 0 Å². The van der Waals surface area contributed by atoms with E-state index in [0.717, 1.165) is 44.5 Å². The van der Waals surface area contributed by atoms with Gasteiger partial charge in [-0.3, -0.25) is 9.59 Å². The number of amides is 2. The lowest BCUT2D eigenvalue weighted by Gasteiger charge is -2.30. The number of nitrogens with zero attached hydrogens (tertiary/aromatic N) is 3. The Morgan fingerprint density at radius 1 is 1.18 bits per heavy atom. The summed E-state index contributed by atoms with van der Waals surface area (Å²) < 4.78 is 5.69. The highest BCUT2D eigenvalue weighted by Gasteiger charge is 2.33. The van der Waals surface area contributed by atoms with E-state index in [1.54, 1.807) is 17.0 Å². The van der Waals surface area contributed by atoms with Crippen molar-refractivity contribution < 1.29 is 14.0 Å². The van der Waals surface area contributed by atoms with Crippen molar-refractivity contribution in [3.63, 3.8) is 0 Å². The maximum atomic E-state index is 12.7. The molecule has 0 aliphatic carbocycles. The average molecular weight is 383 g/mol. The van der Waals surface area contributed by atoms with Gasteiger partial charge in [0, 0.05) is 50.7 Å². The Kier molecular flexibility index (Phi) is 4.52. The number of fused-ring (bicyclic) bond motifs is 3. The van der Waals surface area contributed by atoms with Crippen LogP contribution in [-0.2, 0) is 0 Å². The second-order valence-corrected chi connectivity index (χ2v) is 8.08. The lowest BCUT2D eigenvalue weighted by molar-refractivity contribution is 0.0706. The molecule has 3 atom stereocenters.